The summed E-state index contributed by atoms with van der Waals surface area (Å²) in [5.41, 5.74) is 0.561. The van der Waals surface area contributed by atoms with Gasteiger partial charge in [0.15, 0.2) is 11.5 Å². The number of halogens is 2. The normalized spacial score (nSPS) is 24.5. The molecule has 4 aliphatic rings. The summed E-state index contributed by atoms with van der Waals surface area (Å²) < 4.78 is 27.9. The van der Waals surface area contributed by atoms with Gasteiger partial charge in [-0.25, -0.2) is 18.7 Å². The first-order chi connectivity index (χ1) is 16.9. The first-order valence-corrected chi connectivity index (χ1v) is 12.0. The minimum atomic E-state index is -0.620. The monoisotopic (exact) mass is 480 g/mol. The third-order valence-corrected chi connectivity index (χ3v) is 7.94. The van der Waals surface area contributed by atoms with Crippen LogP contribution in [0.15, 0.2) is 35.3 Å². The molecular weight excluding hydrogens is 454 g/mol. The molecule has 2 aromatic heterocycles. The van der Waals surface area contributed by atoms with E-state index in [1.807, 2.05) is 0 Å². The molecule has 1 aliphatic carbocycles. The van der Waals surface area contributed by atoms with Crippen LogP contribution in [0.3, 0.4) is 0 Å². The maximum Gasteiger partial charge on any atom is 0.272 e. The van der Waals surface area contributed by atoms with Crippen LogP contribution >= 0.6 is 0 Å². The summed E-state index contributed by atoms with van der Waals surface area (Å²) in [6.07, 6.45) is 5.35. The first-order valence-electron chi connectivity index (χ1n) is 12.0. The van der Waals surface area contributed by atoms with Gasteiger partial charge < -0.3 is 15.2 Å². The molecule has 3 saturated heterocycles. The predicted octanol–water partition coefficient (Wildman–Crippen LogP) is 2.34. The summed E-state index contributed by atoms with van der Waals surface area (Å²) in [6, 6.07) is 6.39. The van der Waals surface area contributed by atoms with E-state index >= 15 is 0 Å². The molecule has 1 aromatic carbocycles. The predicted molar refractivity (Wildman–Crippen MR) is 127 cm³/mol. The van der Waals surface area contributed by atoms with E-state index in [1.54, 1.807) is 12.3 Å². The van der Waals surface area contributed by atoms with E-state index in [-0.39, 0.29) is 22.1 Å². The van der Waals surface area contributed by atoms with Crippen LogP contribution in [0.5, 0.6) is 0 Å². The zero-order valence-electron chi connectivity index (χ0n) is 19.4. The maximum absolute atomic E-state index is 14.4. The van der Waals surface area contributed by atoms with Crippen LogP contribution in [0, 0.1) is 11.6 Å². The fourth-order valence-corrected chi connectivity index (χ4v) is 6.08. The largest absolute Gasteiger partial charge is 0.370 e. The highest BCUT2D eigenvalue weighted by Crippen LogP contribution is 2.53. The number of hydrogen-bond acceptors (Lipinski definition) is 6. The van der Waals surface area contributed by atoms with Crippen LogP contribution in [-0.2, 0) is 5.41 Å². The molecule has 2 bridgehead atoms. The van der Waals surface area contributed by atoms with Gasteiger partial charge >= 0.3 is 0 Å². The Kier molecular flexibility index (Phi) is 5.10. The number of carbonyl (C=O) groups excluding carboxylic acids is 1. The van der Waals surface area contributed by atoms with E-state index < -0.39 is 17.5 Å². The van der Waals surface area contributed by atoms with Crippen molar-refractivity contribution < 1.29 is 13.6 Å². The number of nitrogens with one attached hydrogen (secondary N) is 2. The number of piperidine rings is 1. The molecule has 0 spiro atoms. The second-order valence-electron chi connectivity index (χ2n) is 9.91. The van der Waals surface area contributed by atoms with Crippen molar-refractivity contribution in [3.63, 3.8) is 0 Å². The summed E-state index contributed by atoms with van der Waals surface area (Å²) in [5.74, 6) is -0.899. The van der Waals surface area contributed by atoms with Gasteiger partial charge in [0.1, 0.15) is 11.6 Å². The van der Waals surface area contributed by atoms with E-state index in [0.29, 0.717) is 29.1 Å². The highest BCUT2D eigenvalue weighted by atomic mass is 19.1. The van der Waals surface area contributed by atoms with Gasteiger partial charge in [-0.05, 0) is 43.9 Å². The standard InChI is InChI=1S/C25H26F2N6O2/c1-28-23(35)21-19(27)9-16(12-29-21)32-6-4-15(5-7-32)33-13-25(10-17(33)11-25)24-30-20-3-2-14(26)8-18(20)22(34)31-24/h2-3,8-9,12,15,17H,4-7,10-11,13H2,1H3,(H,28,35)(H,30,31,34). The van der Waals surface area contributed by atoms with Gasteiger partial charge in [-0.1, -0.05) is 0 Å². The SMILES string of the molecule is CNC(=O)c1ncc(N2CCC(N3CC4(c5nc6ccc(F)cc6c(=O)[nH]5)CC3C4)CC2)cc1F. The van der Waals surface area contributed by atoms with Gasteiger partial charge in [0.25, 0.3) is 11.5 Å². The van der Waals surface area contributed by atoms with Crippen LogP contribution in [0.1, 0.15) is 42.0 Å². The third-order valence-electron chi connectivity index (χ3n) is 7.94. The molecule has 0 radical (unpaired) electrons. The molecule has 35 heavy (non-hydrogen) atoms. The lowest BCUT2D eigenvalue weighted by Gasteiger charge is -2.40. The van der Waals surface area contributed by atoms with Gasteiger partial charge in [-0.2, -0.15) is 0 Å². The van der Waals surface area contributed by atoms with Gasteiger partial charge in [0.05, 0.1) is 22.8 Å². The number of pyridine rings is 1. The number of nitrogens with zero attached hydrogens (tertiary/aromatic N) is 4. The molecule has 3 aromatic rings. The number of rotatable bonds is 4. The minimum Gasteiger partial charge on any atom is -0.370 e. The lowest BCUT2D eigenvalue weighted by Crippen LogP contribution is -2.46. The van der Waals surface area contributed by atoms with Crippen LogP contribution in [0.25, 0.3) is 10.9 Å². The molecule has 8 nitrogen and oxygen atoms in total. The van der Waals surface area contributed by atoms with Crippen molar-refractivity contribution in [2.45, 2.75) is 43.2 Å². The van der Waals surface area contributed by atoms with Crippen molar-refractivity contribution in [2.75, 3.05) is 31.6 Å². The first kappa shape index (κ1) is 22.1. The van der Waals surface area contributed by atoms with Crippen LogP contribution in [-0.4, -0.2) is 64.5 Å². The van der Waals surface area contributed by atoms with Gasteiger partial charge in [-0.3, -0.25) is 14.5 Å². The Morgan fingerprint density at radius 1 is 1.17 bits per heavy atom. The number of aromatic amines is 1. The van der Waals surface area contributed by atoms with Crippen molar-refractivity contribution in [1.29, 1.82) is 0 Å². The molecule has 10 heteroatoms. The Hall–Kier alpha value is -3.40. The topological polar surface area (TPSA) is 94.2 Å². The summed E-state index contributed by atoms with van der Waals surface area (Å²) in [6.45, 7) is 2.39. The Bertz CT molecular complexity index is 1380. The van der Waals surface area contributed by atoms with Crippen molar-refractivity contribution in [1.82, 2.24) is 25.2 Å². The molecule has 3 aliphatic heterocycles. The number of anilines is 1. The molecule has 7 rings (SSSR count). The molecule has 1 saturated carbocycles. The summed E-state index contributed by atoms with van der Waals surface area (Å²) in [7, 11) is 1.45. The van der Waals surface area contributed by atoms with Gasteiger partial charge in [0, 0.05) is 50.2 Å². The molecule has 0 unspecified atom stereocenters. The quantitative estimate of drug-likeness (QED) is 0.596. The number of fused-ring (bicyclic) bond motifs is 2. The lowest BCUT2D eigenvalue weighted by atomic mass is 9.69. The molecule has 5 heterocycles. The number of benzene rings is 1. The Balaban J connectivity index is 1.14. The third kappa shape index (κ3) is 3.58. The molecule has 0 atom stereocenters. The number of hydrogen-bond donors (Lipinski definition) is 2. The van der Waals surface area contributed by atoms with Crippen LogP contribution in [0.4, 0.5) is 14.5 Å². The molecule has 182 valence electrons. The van der Waals surface area contributed by atoms with Crippen molar-refractivity contribution in [3.8, 4) is 0 Å². The fourth-order valence-electron chi connectivity index (χ4n) is 6.08. The smallest absolute Gasteiger partial charge is 0.272 e. The second kappa shape index (κ2) is 8.08. The highest BCUT2D eigenvalue weighted by Gasteiger charge is 2.59. The Morgan fingerprint density at radius 2 is 1.94 bits per heavy atom. The van der Waals surface area contributed by atoms with Gasteiger partial charge in [-0.15, -0.1) is 0 Å². The number of aromatic nitrogens is 3. The fraction of sp³-hybridized carbons (Fsp3) is 0.440. The molecular formula is C25H26F2N6O2. The summed E-state index contributed by atoms with van der Waals surface area (Å²) >= 11 is 0. The van der Waals surface area contributed by atoms with Gasteiger partial charge in [0.2, 0.25) is 0 Å². The average molecular weight is 481 g/mol. The van der Waals surface area contributed by atoms with Crippen molar-refractivity contribution >= 4 is 22.5 Å². The summed E-state index contributed by atoms with van der Waals surface area (Å²) in [5, 5.41) is 2.67. The molecule has 4 fully saturated rings. The number of carbonyl (C=O) groups is 1. The van der Waals surface area contributed by atoms with Crippen molar-refractivity contribution in [3.05, 3.63) is 64.0 Å². The number of H-pyrrole nitrogens is 1. The minimum absolute atomic E-state index is 0.160. The van der Waals surface area contributed by atoms with E-state index in [1.165, 1.54) is 25.2 Å². The van der Waals surface area contributed by atoms with Crippen molar-refractivity contribution in [2.24, 2.45) is 0 Å². The second-order valence-corrected chi connectivity index (χ2v) is 9.91. The van der Waals surface area contributed by atoms with E-state index in [4.69, 9.17) is 4.98 Å². The average Bonchev–Trinajstić information content (AvgIpc) is 3.41. The van der Waals surface area contributed by atoms with E-state index in [2.05, 4.69) is 25.1 Å². The lowest BCUT2D eigenvalue weighted by molar-refractivity contribution is 0.0953. The van der Waals surface area contributed by atoms with Crippen LogP contribution < -0.4 is 15.8 Å². The number of amides is 1. The Morgan fingerprint density at radius 3 is 2.66 bits per heavy atom. The van der Waals surface area contributed by atoms with E-state index in [0.717, 1.165) is 45.3 Å². The van der Waals surface area contributed by atoms with E-state index in [9.17, 15) is 18.4 Å². The molecule has 2 N–H and O–H groups in total. The summed E-state index contributed by atoms with van der Waals surface area (Å²) in [4.78, 5) is 40.6. The maximum atomic E-state index is 14.4. The zero-order chi connectivity index (χ0) is 24.3. The Labute approximate surface area is 200 Å². The zero-order valence-corrected chi connectivity index (χ0v) is 19.4. The molecule has 1 amide bonds. The highest BCUT2D eigenvalue weighted by molar-refractivity contribution is 5.92. The van der Waals surface area contributed by atoms with Crippen LogP contribution in [0.2, 0.25) is 0 Å².